The molecular formula is C13H20N2O8. The Balaban J connectivity index is 2.47. The summed E-state index contributed by atoms with van der Waals surface area (Å²) < 4.78 is 5.31. The highest BCUT2D eigenvalue weighted by Crippen LogP contribution is 2.33. The van der Waals surface area contributed by atoms with Crippen LogP contribution in [0, 0.1) is 0 Å². The third kappa shape index (κ3) is 2.63. The lowest BCUT2D eigenvalue weighted by molar-refractivity contribution is -0.230. The Kier molecular flexibility index (Phi) is 4.50. The predicted octanol–water partition coefficient (Wildman–Crippen LogP) is -3.94. The van der Waals surface area contributed by atoms with E-state index in [2.05, 4.69) is 5.32 Å². The summed E-state index contributed by atoms with van der Waals surface area (Å²) in [5, 5.41) is 53.0. The van der Waals surface area contributed by atoms with Gasteiger partial charge in [0.25, 0.3) is 17.5 Å². The second-order valence-corrected chi connectivity index (χ2v) is 5.78. The van der Waals surface area contributed by atoms with Gasteiger partial charge in [-0.2, -0.15) is 0 Å². The summed E-state index contributed by atoms with van der Waals surface area (Å²) in [6, 6.07) is 0. The summed E-state index contributed by atoms with van der Waals surface area (Å²) in [6.45, 7) is -0.498. The van der Waals surface area contributed by atoms with Crippen LogP contribution in [0.2, 0.25) is 0 Å². The van der Waals surface area contributed by atoms with E-state index in [1.54, 1.807) is 0 Å². The number of hydrogen-bond donors (Lipinski definition) is 7. The molecule has 0 aromatic heterocycles. The van der Waals surface area contributed by atoms with Crippen molar-refractivity contribution in [3.63, 3.8) is 0 Å². The van der Waals surface area contributed by atoms with E-state index in [0.29, 0.717) is 0 Å². The van der Waals surface area contributed by atoms with Crippen molar-refractivity contribution in [3.8, 4) is 0 Å². The number of ether oxygens (including phenoxy) is 1. The molecular weight excluding hydrogens is 312 g/mol. The van der Waals surface area contributed by atoms with Crippen LogP contribution in [0.1, 0.15) is 13.3 Å². The quantitative estimate of drug-likeness (QED) is 0.256. The van der Waals surface area contributed by atoms with Gasteiger partial charge in [-0.15, -0.1) is 0 Å². The van der Waals surface area contributed by atoms with Crippen molar-refractivity contribution in [2.75, 3.05) is 19.8 Å². The molecule has 10 heteroatoms. The van der Waals surface area contributed by atoms with E-state index in [4.69, 9.17) is 14.9 Å². The lowest BCUT2D eigenvalue weighted by Gasteiger charge is -2.50. The standard InChI is InChI=1S/C13H20N2O8/c1-11(21,6-17)8(18)13-10(20)14-12(22,9(19)15-13)7(2-4-16)3-5-23-13/h2,8,16-18,21-22H,3-6H2,1H3,(H,14,20)(H,15,19)/b7-2-/t8-,11-,12+,13-/m0/s1. The van der Waals surface area contributed by atoms with Gasteiger partial charge in [0, 0.05) is 0 Å². The topological polar surface area (TPSA) is 169 Å². The molecule has 3 heterocycles. The van der Waals surface area contributed by atoms with Crippen molar-refractivity contribution < 1.29 is 39.9 Å². The molecule has 130 valence electrons. The van der Waals surface area contributed by atoms with Crippen molar-refractivity contribution in [3.05, 3.63) is 11.6 Å². The first-order chi connectivity index (χ1) is 10.6. The van der Waals surface area contributed by atoms with E-state index < -0.39 is 48.2 Å². The zero-order chi connectivity index (χ0) is 17.5. The van der Waals surface area contributed by atoms with Gasteiger partial charge in [-0.05, 0) is 18.9 Å². The van der Waals surface area contributed by atoms with Crippen LogP contribution in [0.15, 0.2) is 11.6 Å². The van der Waals surface area contributed by atoms with Gasteiger partial charge in [0.2, 0.25) is 5.72 Å². The van der Waals surface area contributed by atoms with Crippen LogP contribution in [0.4, 0.5) is 0 Å². The molecule has 0 unspecified atom stereocenters. The maximum Gasteiger partial charge on any atom is 0.280 e. The van der Waals surface area contributed by atoms with Gasteiger partial charge >= 0.3 is 0 Å². The smallest absolute Gasteiger partial charge is 0.280 e. The molecule has 0 radical (unpaired) electrons. The second-order valence-electron chi connectivity index (χ2n) is 5.78. The van der Waals surface area contributed by atoms with Gasteiger partial charge in [0.15, 0.2) is 0 Å². The molecule has 2 amide bonds. The van der Waals surface area contributed by atoms with Gasteiger partial charge in [-0.1, -0.05) is 6.08 Å². The van der Waals surface area contributed by atoms with Gasteiger partial charge < -0.3 is 40.9 Å². The number of carbonyl (C=O) groups excluding carboxylic acids is 2. The lowest BCUT2D eigenvalue weighted by Crippen LogP contribution is -2.82. The Hall–Kier alpha value is -1.56. The molecule has 10 nitrogen and oxygen atoms in total. The molecule has 7 N–H and O–H groups in total. The fourth-order valence-corrected chi connectivity index (χ4v) is 2.62. The van der Waals surface area contributed by atoms with E-state index in [1.165, 1.54) is 6.08 Å². The van der Waals surface area contributed by atoms with Crippen LogP contribution in [-0.4, -0.2) is 80.3 Å². The summed E-state index contributed by atoms with van der Waals surface area (Å²) >= 11 is 0. The SMILES string of the molecule is C[C@](O)(CO)[C@H](O)[C@@]12NC(=O)[C@@](O)(NC1=O)/C(=C\CO)CCO2. The Labute approximate surface area is 131 Å². The number of aliphatic hydroxyl groups excluding tert-OH is 3. The van der Waals surface area contributed by atoms with Crippen LogP contribution < -0.4 is 10.6 Å². The molecule has 3 fully saturated rings. The van der Waals surface area contributed by atoms with E-state index in [-0.39, 0.29) is 18.6 Å². The number of carbonyl (C=O) groups is 2. The molecule has 3 aliphatic heterocycles. The van der Waals surface area contributed by atoms with Crippen LogP contribution >= 0.6 is 0 Å². The van der Waals surface area contributed by atoms with E-state index in [1.807, 2.05) is 5.32 Å². The van der Waals surface area contributed by atoms with Crippen LogP contribution in [0.5, 0.6) is 0 Å². The number of piperazine rings is 1. The first-order valence-electron chi connectivity index (χ1n) is 6.97. The number of nitrogens with one attached hydrogen (secondary N) is 2. The van der Waals surface area contributed by atoms with Crippen molar-refractivity contribution in [2.45, 2.75) is 36.5 Å². The Morgan fingerprint density at radius 1 is 1.35 bits per heavy atom. The van der Waals surface area contributed by atoms with Crippen molar-refractivity contribution in [1.82, 2.24) is 10.6 Å². The molecule has 2 bridgehead atoms. The monoisotopic (exact) mass is 332 g/mol. The third-order valence-corrected chi connectivity index (χ3v) is 4.06. The average molecular weight is 332 g/mol. The van der Waals surface area contributed by atoms with Gasteiger partial charge in [0.1, 0.15) is 11.7 Å². The molecule has 3 rings (SSSR count). The summed E-state index contributed by atoms with van der Waals surface area (Å²) in [5.74, 6) is -2.19. The maximum atomic E-state index is 12.4. The molecule has 0 aliphatic carbocycles. The van der Waals surface area contributed by atoms with Crippen LogP contribution in [0.3, 0.4) is 0 Å². The highest BCUT2D eigenvalue weighted by atomic mass is 16.5. The average Bonchev–Trinajstić information content (AvgIpc) is 2.49. The Morgan fingerprint density at radius 3 is 2.57 bits per heavy atom. The van der Waals surface area contributed by atoms with Gasteiger partial charge in [0.05, 0.1) is 19.8 Å². The molecule has 0 saturated carbocycles. The summed E-state index contributed by atoms with van der Waals surface area (Å²) in [5.41, 5.74) is -6.87. The van der Waals surface area contributed by atoms with Gasteiger partial charge in [-0.3, -0.25) is 9.59 Å². The first-order valence-corrected chi connectivity index (χ1v) is 6.97. The zero-order valence-corrected chi connectivity index (χ0v) is 12.4. The minimum atomic E-state index is -2.39. The zero-order valence-electron chi connectivity index (χ0n) is 12.4. The second kappa shape index (κ2) is 5.82. The van der Waals surface area contributed by atoms with Crippen molar-refractivity contribution in [1.29, 1.82) is 0 Å². The summed E-state index contributed by atoms with van der Waals surface area (Å²) in [6.07, 6.45) is -0.848. The predicted molar refractivity (Wildman–Crippen MR) is 73.4 cm³/mol. The fourth-order valence-electron chi connectivity index (χ4n) is 2.62. The summed E-state index contributed by atoms with van der Waals surface area (Å²) in [4.78, 5) is 24.7. The van der Waals surface area contributed by atoms with Crippen LogP contribution in [-0.2, 0) is 14.3 Å². The third-order valence-electron chi connectivity index (χ3n) is 4.06. The molecule has 23 heavy (non-hydrogen) atoms. The highest BCUT2D eigenvalue weighted by molar-refractivity contribution is 6.03. The number of amides is 2. The van der Waals surface area contributed by atoms with E-state index in [9.17, 15) is 24.9 Å². The molecule has 0 spiro atoms. The minimum absolute atomic E-state index is 0.0134. The molecule has 4 atom stereocenters. The van der Waals surface area contributed by atoms with Gasteiger partial charge in [-0.25, -0.2) is 0 Å². The first kappa shape index (κ1) is 17.8. The number of aliphatic hydroxyl groups is 5. The molecule has 0 aromatic rings. The molecule has 0 aromatic carbocycles. The van der Waals surface area contributed by atoms with E-state index >= 15 is 0 Å². The molecule has 3 aliphatic rings. The Bertz CT molecular complexity index is 548. The lowest BCUT2D eigenvalue weighted by atomic mass is 9.84. The van der Waals surface area contributed by atoms with E-state index in [0.717, 1.165) is 6.92 Å². The highest BCUT2D eigenvalue weighted by Gasteiger charge is 2.63. The minimum Gasteiger partial charge on any atom is -0.393 e. The number of rotatable bonds is 4. The fraction of sp³-hybridized carbons (Fsp3) is 0.692. The van der Waals surface area contributed by atoms with Crippen molar-refractivity contribution >= 4 is 11.8 Å². The molecule has 3 saturated heterocycles. The summed E-state index contributed by atoms with van der Waals surface area (Å²) in [7, 11) is 0. The van der Waals surface area contributed by atoms with Crippen LogP contribution in [0.25, 0.3) is 0 Å². The normalized spacial score (nSPS) is 36.7. The Morgan fingerprint density at radius 2 is 2.00 bits per heavy atom. The number of fused-ring (bicyclic) bond motifs is 5. The largest absolute Gasteiger partial charge is 0.393 e. The van der Waals surface area contributed by atoms with Crippen molar-refractivity contribution in [2.24, 2.45) is 0 Å². The number of hydrogen-bond acceptors (Lipinski definition) is 8. The maximum absolute atomic E-state index is 12.4.